The van der Waals surface area contributed by atoms with Crippen molar-refractivity contribution in [2.24, 2.45) is 5.92 Å². The van der Waals surface area contributed by atoms with Crippen molar-refractivity contribution < 1.29 is 14.0 Å². The van der Waals surface area contributed by atoms with Crippen LogP contribution in [0.5, 0.6) is 0 Å². The van der Waals surface area contributed by atoms with Gasteiger partial charge in [0, 0.05) is 13.0 Å². The summed E-state index contributed by atoms with van der Waals surface area (Å²) < 4.78 is 5.25. The van der Waals surface area contributed by atoms with E-state index < -0.39 is 17.6 Å². The Morgan fingerprint density at radius 1 is 1.44 bits per heavy atom. The van der Waals surface area contributed by atoms with Gasteiger partial charge in [0.05, 0.1) is 6.07 Å². The van der Waals surface area contributed by atoms with Gasteiger partial charge < -0.3 is 9.73 Å². The van der Waals surface area contributed by atoms with Gasteiger partial charge in [0.15, 0.2) is 11.7 Å². The van der Waals surface area contributed by atoms with Crippen LogP contribution in [0.15, 0.2) is 16.5 Å². The Bertz CT molecular complexity index is 471. The molecule has 0 bridgehead atoms. The van der Waals surface area contributed by atoms with Crippen molar-refractivity contribution in [1.82, 2.24) is 5.32 Å². The first kappa shape index (κ1) is 14.0. The molecular weight excluding hydrogens is 232 g/mol. The van der Waals surface area contributed by atoms with Crippen LogP contribution in [0.4, 0.5) is 0 Å². The molecule has 0 fully saturated rings. The van der Waals surface area contributed by atoms with Gasteiger partial charge in [-0.25, -0.2) is 0 Å². The van der Waals surface area contributed by atoms with Crippen molar-refractivity contribution in [3.05, 3.63) is 23.7 Å². The Labute approximate surface area is 106 Å². The molecule has 1 atom stereocenters. The molecule has 1 aromatic heterocycles. The molecule has 0 aliphatic heterocycles. The zero-order chi connectivity index (χ0) is 13.5. The second-order valence-corrected chi connectivity index (χ2v) is 3.84. The summed E-state index contributed by atoms with van der Waals surface area (Å²) in [6.45, 7) is 4.23. The van der Waals surface area contributed by atoms with Crippen LogP contribution in [0, 0.1) is 17.2 Å². The molecule has 1 unspecified atom stereocenters. The van der Waals surface area contributed by atoms with E-state index in [0.29, 0.717) is 18.7 Å². The van der Waals surface area contributed by atoms with E-state index in [9.17, 15) is 9.59 Å². The first-order valence-corrected chi connectivity index (χ1v) is 5.94. The van der Waals surface area contributed by atoms with Gasteiger partial charge in [-0.2, -0.15) is 5.26 Å². The van der Waals surface area contributed by atoms with Crippen LogP contribution in [-0.2, 0) is 11.2 Å². The summed E-state index contributed by atoms with van der Waals surface area (Å²) in [6.07, 6.45) is 1.41. The third-order valence-electron chi connectivity index (χ3n) is 2.46. The van der Waals surface area contributed by atoms with Crippen molar-refractivity contribution in [2.45, 2.75) is 26.7 Å². The van der Waals surface area contributed by atoms with Crippen LogP contribution in [0.1, 0.15) is 36.6 Å². The lowest BCUT2D eigenvalue weighted by Gasteiger charge is -2.06. The summed E-state index contributed by atoms with van der Waals surface area (Å²) in [5, 5.41) is 11.4. The number of hydrogen-bond acceptors (Lipinski definition) is 4. The quantitative estimate of drug-likeness (QED) is 0.613. The molecular formula is C13H16N2O3. The number of aryl methyl sites for hydroxylation is 1. The number of carbonyl (C=O) groups excluding carboxylic acids is 2. The lowest BCUT2D eigenvalue weighted by molar-refractivity contribution is -0.122. The van der Waals surface area contributed by atoms with Crippen LogP contribution >= 0.6 is 0 Å². The molecule has 5 heteroatoms. The van der Waals surface area contributed by atoms with Crippen molar-refractivity contribution >= 4 is 11.7 Å². The summed E-state index contributed by atoms with van der Waals surface area (Å²) in [6, 6.07) is 4.89. The number of amides is 1. The molecule has 1 N–H and O–H groups in total. The average molecular weight is 248 g/mol. The molecule has 1 aromatic rings. The van der Waals surface area contributed by atoms with Gasteiger partial charge in [0.1, 0.15) is 5.76 Å². The van der Waals surface area contributed by atoms with Gasteiger partial charge in [0.2, 0.25) is 11.7 Å². The number of hydrogen-bond donors (Lipinski definition) is 1. The van der Waals surface area contributed by atoms with E-state index in [-0.39, 0.29) is 5.76 Å². The van der Waals surface area contributed by atoms with E-state index >= 15 is 0 Å². The van der Waals surface area contributed by atoms with Crippen LogP contribution in [0.2, 0.25) is 0 Å². The monoisotopic (exact) mass is 248 g/mol. The minimum absolute atomic E-state index is 0.0602. The zero-order valence-corrected chi connectivity index (χ0v) is 10.5. The van der Waals surface area contributed by atoms with E-state index in [0.717, 1.165) is 6.42 Å². The third-order valence-corrected chi connectivity index (χ3v) is 2.46. The molecule has 1 rings (SSSR count). The Kier molecular flexibility index (Phi) is 5.12. The Morgan fingerprint density at radius 2 is 2.17 bits per heavy atom. The molecule has 18 heavy (non-hydrogen) atoms. The summed E-state index contributed by atoms with van der Waals surface area (Å²) in [7, 11) is 0. The lowest BCUT2D eigenvalue weighted by Crippen LogP contribution is -2.34. The molecule has 0 saturated carbocycles. The molecule has 1 heterocycles. The number of Topliss-reactive ketones (excluding diaryl/α,β-unsaturated/α-hetero) is 1. The van der Waals surface area contributed by atoms with E-state index in [2.05, 4.69) is 5.32 Å². The van der Waals surface area contributed by atoms with Crippen molar-refractivity contribution in [3.8, 4) is 6.07 Å². The standard InChI is InChI=1S/C13H16N2O3/c1-3-7-15-13(17)10(8-14)12(16)11-6-5-9(4-2)18-11/h5-6,10H,3-4,7H2,1-2H3,(H,15,17). The van der Waals surface area contributed by atoms with Crippen LogP contribution < -0.4 is 5.32 Å². The molecule has 0 saturated heterocycles. The van der Waals surface area contributed by atoms with Gasteiger partial charge in [-0.05, 0) is 18.6 Å². The number of rotatable bonds is 6. The molecule has 1 amide bonds. The van der Waals surface area contributed by atoms with Crippen molar-refractivity contribution in [1.29, 1.82) is 5.26 Å². The fraction of sp³-hybridized carbons (Fsp3) is 0.462. The van der Waals surface area contributed by atoms with E-state index in [1.54, 1.807) is 12.1 Å². The second-order valence-electron chi connectivity index (χ2n) is 3.84. The highest BCUT2D eigenvalue weighted by Crippen LogP contribution is 2.13. The van der Waals surface area contributed by atoms with Gasteiger partial charge in [-0.15, -0.1) is 0 Å². The van der Waals surface area contributed by atoms with Crippen LogP contribution in [0.3, 0.4) is 0 Å². The Morgan fingerprint density at radius 3 is 2.67 bits per heavy atom. The van der Waals surface area contributed by atoms with Gasteiger partial charge in [0.25, 0.3) is 0 Å². The summed E-state index contributed by atoms with van der Waals surface area (Å²) in [5.41, 5.74) is 0. The maximum Gasteiger partial charge on any atom is 0.245 e. The number of ketones is 1. The molecule has 0 spiro atoms. The number of furan rings is 1. The Balaban J connectivity index is 2.79. The number of nitrogens with zero attached hydrogens (tertiary/aromatic N) is 1. The highest BCUT2D eigenvalue weighted by molar-refractivity contribution is 6.10. The highest BCUT2D eigenvalue weighted by atomic mass is 16.3. The topological polar surface area (TPSA) is 83.1 Å². The molecule has 5 nitrogen and oxygen atoms in total. The molecule has 0 aliphatic rings. The molecule has 0 radical (unpaired) electrons. The maximum absolute atomic E-state index is 11.9. The van der Waals surface area contributed by atoms with Crippen LogP contribution in [-0.4, -0.2) is 18.2 Å². The summed E-state index contributed by atoms with van der Waals surface area (Å²) in [5.74, 6) is -1.79. The third kappa shape index (κ3) is 3.20. The van der Waals surface area contributed by atoms with E-state index in [4.69, 9.17) is 9.68 Å². The van der Waals surface area contributed by atoms with Gasteiger partial charge >= 0.3 is 0 Å². The predicted octanol–water partition coefficient (Wildman–Crippen LogP) is 1.69. The van der Waals surface area contributed by atoms with Gasteiger partial charge in [-0.3, -0.25) is 9.59 Å². The maximum atomic E-state index is 11.9. The minimum Gasteiger partial charge on any atom is -0.458 e. The van der Waals surface area contributed by atoms with Crippen molar-refractivity contribution in [2.75, 3.05) is 6.54 Å². The largest absolute Gasteiger partial charge is 0.458 e. The summed E-state index contributed by atoms with van der Waals surface area (Å²) >= 11 is 0. The average Bonchev–Trinajstić information content (AvgIpc) is 2.85. The second kappa shape index (κ2) is 6.60. The number of carbonyl (C=O) groups is 2. The summed E-state index contributed by atoms with van der Waals surface area (Å²) in [4.78, 5) is 23.6. The minimum atomic E-state index is -1.34. The number of nitriles is 1. The highest BCUT2D eigenvalue weighted by Gasteiger charge is 2.29. The van der Waals surface area contributed by atoms with E-state index in [1.165, 1.54) is 6.07 Å². The smallest absolute Gasteiger partial charge is 0.245 e. The first-order chi connectivity index (χ1) is 8.63. The zero-order valence-electron chi connectivity index (χ0n) is 10.5. The fourth-order valence-electron chi connectivity index (χ4n) is 1.43. The predicted molar refractivity (Wildman–Crippen MR) is 64.8 cm³/mol. The molecule has 0 aromatic carbocycles. The van der Waals surface area contributed by atoms with Crippen molar-refractivity contribution in [3.63, 3.8) is 0 Å². The normalized spacial score (nSPS) is 11.6. The first-order valence-electron chi connectivity index (χ1n) is 5.94. The number of nitrogens with one attached hydrogen (secondary N) is 1. The SMILES string of the molecule is CCCNC(=O)C(C#N)C(=O)c1ccc(CC)o1. The molecule has 0 aliphatic carbocycles. The van der Waals surface area contributed by atoms with Gasteiger partial charge in [-0.1, -0.05) is 13.8 Å². The van der Waals surface area contributed by atoms with E-state index in [1.807, 2.05) is 13.8 Å². The lowest BCUT2D eigenvalue weighted by atomic mass is 10.0. The Hall–Kier alpha value is -2.09. The fourth-order valence-corrected chi connectivity index (χ4v) is 1.43. The molecule has 96 valence electrons. The van der Waals surface area contributed by atoms with Crippen LogP contribution in [0.25, 0.3) is 0 Å².